The zero-order valence-electron chi connectivity index (χ0n) is 20.0. The SMILES string of the molecule is CC(NC(=O)CN1CCC(C(=O)c2ccc3c(c2)OCCO3)CC1)c1ccc2c(c1)CCCC2. The van der Waals surface area contributed by atoms with Gasteiger partial charge in [0.15, 0.2) is 17.3 Å². The summed E-state index contributed by atoms with van der Waals surface area (Å²) in [6.45, 7) is 4.98. The van der Waals surface area contributed by atoms with Gasteiger partial charge in [0, 0.05) is 11.5 Å². The zero-order chi connectivity index (χ0) is 23.5. The first-order chi connectivity index (χ1) is 16.6. The quantitative estimate of drug-likeness (QED) is 0.655. The lowest BCUT2D eigenvalue weighted by atomic mass is 9.88. The van der Waals surface area contributed by atoms with Gasteiger partial charge in [0.05, 0.1) is 12.6 Å². The summed E-state index contributed by atoms with van der Waals surface area (Å²) in [4.78, 5) is 27.9. The number of amides is 1. The van der Waals surface area contributed by atoms with E-state index in [-0.39, 0.29) is 23.7 Å². The largest absolute Gasteiger partial charge is 0.486 e. The molecule has 1 atom stereocenters. The fraction of sp³-hybridized carbons (Fsp3) is 0.500. The molecule has 180 valence electrons. The van der Waals surface area contributed by atoms with E-state index in [1.54, 1.807) is 6.07 Å². The Morgan fingerprint density at radius 2 is 1.71 bits per heavy atom. The Kier molecular flexibility index (Phi) is 6.86. The Morgan fingerprint density at radius 1 is 0.971 bits per heavy atom. The fourth-order valence-corrected chi connectivity index (χ4v) is 5.38. The molecule has 0 radical (unpaired) electrons. The van der Waals surface area contributed by atoms with Crippen molar-refractivity contribution in [1.82, 2.24) is 10.2 Å². The Hall–Kier alpha value is -2.86. The second-order valence-corrected chi connectivity index (χ2v) is 9.80. The second kappa shape index (κ2) is 10.2. The van der Waals surface area contributed by atoms with Gasteiger partial charge in [-0.15, -0.1) is 0 Å². The van der Waals surface area contributed by atoms with Gasteiger partial charge >= 0.3 is 0 Å². The lowest BCUT2D eigenvalue weighted by Gasteiger charge is -2.31. The van der Waals surface area contributed by atoms with E-state index in [1.807, 2.05) is 12.1 Å². The number of piperidine rings is 1. The van der Waals surface area contributed by atoms with Gasteiger partial charge in [-0.1, -0.05) is 18.2 Å². The highest BCUT2D eigenvalue weighted by atomic mass is 16.6. The lowest BCUT2D eigenvalue weighted by molar-refractivity contribution is -0.123. The molecular formula is C28H34N2O4. The number of hydrogen-bond acceptors (Lipinski definition) is 5. The Labute approximate surface area is 201 Å². The smallest absolute Gasteiger partial charge is 0.234 e. The van der Waals surface area contributed by atoms with Crippen LogP contribution in [0.5, 0.6) is 11.5 Å². The van der Waals surface area contributed by atoms with Crippen molar-refractivity contribution in [1.29, 1.82) is 0 Å². The lowest BCUT2D eigenvalue weighted by Crippen LogP contribution is -2.43. The maximum Gasteiger partial charge on any atom is 0.234 e. The van der Waals surface area contributed by atoms with Crippen LogP contribution in [0.25, 0.3) is 0 Å². The molecule has 1 saturated heterocycles. The monoisotopic (exact) mass is 462 g/mol. The number of Topliss-reactive ketones (excluding diaryl/α,β-unsaturated/α-hetero) is 1. The van der Waals surface area contributed by atoms with E-state index in [2.05, 4.69) is 35.3 Å². The van der Waals surface area contributed by atoms with Crippen molar-refractivity contribution in [2.45, 2.75) is 51.5 Å². The first-order valence-corrected chi connectivity index (χ1v) is 12.6. The van der Waals surface area contributed by atoms with Gasteiger partial charge in [0.2, 0.25) is 5.91 Å². The van der Waals surface area contributed by atoms with Gasteiger partial charge in [0.1, 0.15) is 13.2 Å². The highest BCUT2D eigenvalue weighted by Gasteiger charge is 2.28. The minimum absolute atomic E-state index is 0.00551. The predicted octanol–water partition coefficient (Wildman–Crippen LogP) is 4.11. The number of likely N-dealkylation sites (tertiary alicyclic amines) is 1. The number of nitrogens with one attached hydrogen (secondary N) is 1. The molecule has 0 spiro atoms. The average Bonchev–Trinajstić information content (AvgIpc) is 2.88. The first kappa shape index (κ1) is 22.9. The molecule has 6 heteroatoms. The second-order valence-electron chi connectivity index (χ2n) is 9.80. The van der Waals surface area contributed by atoms with Crippen LogP contribution < -0.4 is 14.8 Å². The summed E-state index contributed by atoms with van der Waals surface area (Å²) in [7, 11) is 0. The summed E-state index contributed by atoms with van der Waals surface area (Å²) >= 11 is 0. The van der Waals surface area contributed by atoms with Crippen molar-refractivity contribution < 1.29 is 19.1 Å². The van der Waals surface area contributed by atoms with Crippen molar-refractivity contribution in [3.8, 4) is 11.5 Å². The van der Waals surface area contributed by atoms with Crippen LogP contribution >= 0.6 is 0 Å². The zero-order valence-corrected chi connectivity index (χ0v) is 20.0. The number of carbonyl (C=O) groups excluding carboxylic acids is 2. The van der Waals surface area contributed by atoms with Gasteiger partial charge < -0.3 is 14.8 Å². The van der Waals surface area contributed by atoms with Crippen LogP contribution in [0.15, 0.2) is 36.4 Å². The molecule has 3 aliphatic rings. The first-order valence-electron chi connectivity index (χ1n) is 12.6. The van der Waals surface area contributed by atoms with Crippen LogP contribution in [0.1, 0.15) is 65.7 Å². The van der Waals surface area contributed by atoms with Gasteiger partial charge in [-0.25, -0.2) is 0 Å². The summed E-state index contributed by atoms with van der Waals surface area (Å²) in [5, 5.41) is 3.17. The van der Waals surface area contributed by atoms with Gasteiger partial charge in [-0.2, -0.15) is 0 Å². The number of hydrogen-bond donors (Lipinski definition) is 1. The molecule has 6 nitrogen and oxygen atoms in total. The molecule has 2 heterocycles. The van der Waals surface area contributed by atoms with Crippen LogP contribution in [0.4, 0.5) is 0 Å². The molecule has 2 aromatic rings. The molecule has 34 heavy (non-hydrogen) atoms. The van der Waals surface area contributed by atoms with Crippen molar-refractivity contribution in [2.75, 3.05) is 32.8 Å². The maximum absolute atomic E-state index is 13.0. The Bertz CT molecular complexity index is 1060. The van der Waals surface area contributed by atoms with Crippen molar-refractivity contribution in [3.63, 3.8) is 0 Å². The number of ketones is 1. The van der Waals surface area contributed by atoms with Crippen molar-refractivity contribution >= 4 is 11.7 Å². The van der Waals surface area contributed by atoms with Crippen LogP contribution in [-0.2, 0) is 17.6 Å². The molecule has 0 bridgehead atoms. The van der Waals surface area contributed by atoms with Crippen molar-refractivity contribution in [2.24, 2.45) is 5.92 Å². The standard InChI is InChI=1S/C28H34N2O4/c1-19(22-7-6-20-4-2-3-5-23(20)16-22)29-27(31)18-30-12-10-21(11-13-30)28(32)24-8-9-25-26(17-24)34-15-14-33-25/h6-9,16-17,19,21H,2-5,10-15,18H2,1H3,(H,29,31). The third-order valence-corrected chi connectivity index (χ3v) is 7.40. The van der Waals surface area contributed by atoms with Gasteiger partial charge in [-0.3, -0.25) is 14.5 Å². The van der Waals surface area contributed by atoms with E-state index in [0.29, 0.717) is 36.8 Å². The summed E-state index contributed by atoms with van der Waals surface area (Å²) in [5.74, 6) is 1.53. The maximum atomic E-state index is 13.0. The number of benzene rings is 2. The summed E-state index contributed by atoms with van der Waals surface area (Å²) in [6, 6.07) is 12.1. The van der Waals surface area contributed by atoms with Crippen LogP contribution in [0.3, 0.4) is 0 Å². The minimum atomic E-state index is -0.0173. The molecule has 1 fully saturated rings. The van der Waals surface area contributed by atoms with E-state index in [0.717, 1.165) is 32.4 Å². The van der Waals surface area contributed by atoms with Crippen LogP contribution in [0, 0.1) is 5.92 Å². The highest BCUT2D eigenvalue weighted by molar-refractivity contribution is 5.98. The minimum Gasteiger partial charge on any atom is -0.486 e. The number of fused-ring (bicyclic) bond motifs is 2. The van der Waals surface area contributed by atoms with Crippen molar-refractivity contribution in [3.05, 3.63) is 58.7 Å². The number of rotatable bonds is 6. The molecule has 0 saturated carbocycles. The Balaban J connectivity index is 1.10. The average molecular weight is 463 g/mol. The fourth-order valence-electron chi connectivity index (χ4n) is 5.38. The van der Waals surface area contributed by atoms with Gasteiger partial charge in [-0.05, 0) is 93.4 Å². The number of carbonyl (C=O) groups is 2. The summed E-state index contributed by atoms with van der Waals surface area (Å²) < 4.78 is 11.2. The van der Waals surface area contributed by atoms with E-state index >= 15 is 0 Å². The third kappa shape index (κ3) is 5.12. The van der Waals surface area contributed by atoms with E-state index in [1.165, 1.54) is 36.0 Å². The molecule has 1 amide bonds. The third-order valence-electron chi connectivity index (χ3n) is 7.40. The summed E-state index contributed by atoms with van der Waals surface area (Å²) in [6.07, 6.45) is 6.37. The van der Waals surface area contributed by atoms with E-state index < -0.39 is 0 Å². The Morgan fingerprint density at radius 3 is 2.50 bits per heavy atom. The highest BCUT2D eigenvalue weighted by Crippen LogP contribution is 2.32. The topological polar surface area (TPSA) is 67.9 Å². The number of ether oxygens (including phenoxy) is 2. The number of aryl methyl sites for hydroxylation is 2. The van der Waals surface area contributed by atoms with Gasteiger partial charge in [0.25, 0.3) is 0 Å². The predicted molar refractivity (Wildman–Crippen MR) is 131 cm³/mol. The molecule has 1 unspecified atom stereocenters. The molecule has 1 N–H and O–H groups in total. The van der Waals surface area contributed by atoms with E-state index in [9.17, 15) is 9.59 Å². The molecule has 2 aliphatic heterocycles. The normalized spacial score (nSPS) is 19.2. The molecular weight excluding hydrogens is 428 g/mol. The summed E-state index contributed by atoms with van der Waals surface area (Å²) in [5.41, 5.74) is 4.76. The molecule has 5 rings (SSSR count). The van der Waals surface area contributed by atoms with E-state index in [4.69, 9.17) is 9.47 Å². The molecule has 0 aromatic heterocycles. The molecule has 2 aromatic carbocycles. The van der Waals surface area contributed by atoms with Crippen LogP contribution in [-0.4, -0.2) is 49.4 Å². The van der Waals surface area contributed by atoms with Crippen LogP contribution in [0.2, 0.25) is 0 Å². The molecule has 1 aliphatic carbocycles. The number of nitrogens with zero attached hydrogens (tertiary/aromatic N) is 1.